The largest absolute Gasteiger partial charge is 0.494 e. The van der Waals surface area contributed by atoms with E-state index in [1.807, 2.05) is 67.6 Å². The lowest BCUT2D eigenvalue weighted by Crippen LogP contribution is -2.13. The molecule has 0 aliphatic heterocycles. The number of nitriles is 1. The fourth-order valence-corrected chi connectivity index (χ4v) is 4.01. The Morgan fingerprint density at radius 1 is 1.11 bits per heavy atom. The summed E-state index contributed by atoms with van der Waals surface area (Å²) in [7, 11) is 1.58. The first-order valence-electron chi connectivity index (χ1n) is 12.0. The number of amides is 1. The summed E-state index contributed by atoms with van der Waals surface area (Å²) in [6.07, 6.45) is 3.27. The van der Waals surface area contributed by atoms with Crippen LogP contribution in [0.2, 0.25) is 0 Å². The zero-order valence-corrected chi connectivity index (χ0v) is 20.8. The Hall–Kier alpha value is -5.29. The number of carbonyl (C=O) groups is 1. The first-order chi connectivity index (χ1) is 18.6. The number of furan rings is 1. The number of anilines is 1. The number of rotatable bonds is 8. The highest BCUT2D eigenvalue weighted by Crippen LogP contribution is 2.35. The van der Waals surface area contributed by atoms with Crippen LogP contribution in [0.1, 0.15) is 12.5 Å². The summed E-state index contributed by atoms with van der Waals surface area (Å²) >= 11 is 0. The zero-order valence-electron chi connectivity index (χ0n) is 20.8. The van der Waals surface area contributed by atoms with Crippen molar-refractivity contribution < 1.29 is 18.7 Å². The van der Waals surface area contributed by atoms with E-state index >= 15 is 0 Å². The molecule has 2 aromatic heterocycles. The van der Waals surface area contributed by atoms with Crippen molar-refractivity contribution in [3.63, 3.8) is 0 Å². The average Bonchev–Trinajstić information content (AvgIpc) is 3.57. The van der Waals surface area contributed by atoms with Crippen LogP contribution in [0.5, 0.6) is 11.5 Å². The third kappa shape index (κ3) is 4.99. The van der Waals surface area contributed by atoms with Gasteiger partial charge in [-0.25, -0.2) is 4.68 Å². The topological polar surface area (TPSA) is 102 Å². The molecule has 0 saturated carbocycles. The van der Waals surface area contributed by atoms with Gasteiger partial charge in [0.15, 0.2) is 17.1 Å². The molecule has 8 heteroatoms. The van der Waals surface area contributed by atoms with E-state index in [2.05, 4.69) is 5.32 Å². The van der Waals surface area contributed by atoms with E-state index in [9.17, 15) is 10.1 Å². The monoisotopic (exact) mass is 504 g/mol. The maximum absolute atomic E-state index is 13.0. The highest BCUT2D eigenvalue weighted by molar-refractivity contribution is 6.10. The molecule has 1 amide bonds. The number of benzene rings is 3. The van der Waals surface area contributed by atoms with Gasteiger partial charge in [0.2, 0.25) is 0 Å². The standard InChI is InChI=1S/C30H24N4O4/c1-3-37-25-14-12-23(13-15-25)32-30(35)21(18-31)16-22-19-34(24-9-5-4-6-10-24)33-28(22)27-17-20-8-7-11-26(36-2)29(20)38-27/h4-17,19H,3H2,1-2H3,(H,32,35). The third-order valence-corrected chi connectivity index (χ3v) is 5.81. The van der Waals surface area contributed by atoms with Crippen LogP contribution in [-0.4, -0.2) is 29.4 Å². The summed E-state index contributed by atoms with van der Waals surface area (Å²) in [5.41, 5.74) is 2.90. The normalized spacial score (nSPS) is 11.2. The minimum absolute atomic E-state index is 0.0820. The third-order valence-electron chi connectivity index (χ3n) is 5.81. The quantitative estimate of drug-likeness (QED) is 0.198. The van der Waals surface area contributed by atoms with Crippen molar-refractivity contribution in [1.82, 2.24) is 9.78 Å². The number of fused-ring (bicyclic) bond motifs is 1. The van der Waals surface area contributed by atoms with Gasteiger partial charge in [-0.3, -0.25) is 4.79 Å². The molecule has 0 spiro atoms. The fourth-order valence-electron chi connectivity index (χ4n) is 4.01. The minimum atomic E-state index is -0.540. The van der Waals surface area contributed by atoms with Crippen molar-refractivity contribution >= 4 is 28.6 Å². The number of ether oxygens (including phenoxy) is 2. The predicted octanol–water partition coefficient (Wildman–Crippen LogP) is 6.24. The summed E-state index contributed by atoms with van der Waals surface area (Å²) < 4.78 is 18.7. The molecule has 5 rings (SSSR count). The molecule has 5 aromatic rings. The van der Waals surface area contributed by atoms with Crippen molar-refractivity contribution in [3.05, 3.63) is 96.2 Å². The van der Waals surface area contributed by atoms with E-state index in [4.69, 9.17) is 19.0 Å². The second-order valence-corrected chi connectivity index (χ2v) is 8.28. The van der Waals surface area contributed by atoms with Crippen molar-refractivity contribution in [2.75, 3.05) is 19.0 Å². The molecule has 2 heterocycles. The lowest BCUT2D eigenvalue weighted by Gasteiger charge is -2.06. The van der Waals surface area contributed by atoms with Crippen LogP contribution in [0.25, 0.3) is 34.2 Å². The summed E-state index contributed by atoms with van der Waals surface area (Å²) in [5.74, 6) is 1.23. The van der Waals surface area contributed by atoms with E-state index in [-0.39, 0.29) is 5.57 Å². The Kier molecular flexibility index (Phi) is 6.91. The van der Waals surface area contributed by atoms with Gasteiger partial charge >= 0.3 is 0 Å². The maximum atomic E-state index is 13.0. The van der Waals surface area contributed by atoms with E-state index < -0.39 is 5.91 Å². The van der Waals surface area contributed by atoms with E-state index in [0.717, 1.165) is 11.1 Å². The zero-order chi connectivity index (χ0) is 26.5. The SMILES string of the molecule is CCOc1ccc(NC(=O)C(C#N)=Cc2cn(-c3ccccc3)nc2-c2cc3cccc(OC)c3o2)cc1. The highest BCUT2D eigenvalue weighted by atomic mass is 16.5. The number of nitrogens with one attached hydrogen (secondary N) is 1. The van der Waals surface area contributed by atoms with Crippen LogP contribution in [0, 0.1) is 11.3 Å². The summed E-state index contributed by atoms with van der Waals surface area (Å²) in [5, 5.41) is 18.2. The maximum Gasteiger partial charge on any atom is 0.266 e. The van der Waals surface area contributed by atoms with Gasteiger partial charge < -0.3 is 19.2 Å². The number of hydrogen-bond acceptors (Lipinski definition) is 6. The Morgan fingerprint density at radius 2 is 1.89 bits per heavy atom. The Bertz CT molecular complexity index is 1660. The molecular formula is C30H24N4O4. The Balaban J connectivity index is 1.54. The molecule has 188 valence electrons. The van der Waals surface area contributed by atoms with E-state index in [1.54, 1.807) is 42.3 Å². The Morgan fingerprint density at radius 3 is 2.61 bits per heavy atom. The molecular weight excluding hydrogens is 480 g/mol. The molecule has 0 aliphatic rings. The molecule has 38 heavy (non-hydrogen) atoms. The van der Waals surface area contributed by atoms with Gasteiger partial charge in [0.1, 0.15) is 23.1 Å². The molecule has 0 bridgehead atoms. The van der Waals surface area contributed by atoms with Gasteiger partial charge in [0.25, 0.3) is 5.91 Å². The molecule has 1 N–H and O–H groups in total. The van der Waals surface area contributed by atoms with Gasteiger partial charge in [-0.1, -0.05) is 30.3 Å². The van der Waals surface area contributed by atoms with Gasteiger partial charge in [-0.2, -0.15) is 10.4 Å². The number of para-hydroxylation sites is 2. The van der Waals surface area contributed by atoms with Crippen LogP contribution in [0.4, 0.5) is 5.69 Å². The van der Waals surface area contributed by atoms with Crippen LogP contribution in [0.3, 0.4) is 0 Å². The highest BCUT2D eigenvalue weighted by Gasteiger charge is 2.19. The molecule has 0 unspecified atom stereocenters. The molecule has 0 saturated heterocycles. The smallest absolute Gasteiger partial charge is 0.266 e. The number of carbonyl (C=O) groups excluding carboxylic acids is 1. The van der Waals surface area contributed by atoms with Gasteiger partial charge in [0.05, 0.1) is 19.4 Å². The van der Waals surface area contributed by atoms with Crippen molar-refractivity contribution in [1.29, 1.82) is 5.26 Å². The van der Waals surface area contributed by atoms with Gasteiger partial charge in [-0.15, -0.1) is 0 Å². The summed E-state index contributed by atoms with van der Waals surface area (Å²) in [6.45, 7) is 2.44. The number of nitrogens with zero attached hydrogens (tertiary/aromatic N) is 3. The molecule has 0 aliphatic carbocycles. The lowest BCUT2D eigenvalue weighted by atomic mass is 10.1. The second-order valence-electron chi connectivity index (χ2n) is 8.28. The average molecular weight is 505 g/mol. The van der Waals surface area contributed by atoms with E-state index in [1.165, 1.54) is 6.08 Å². The number of hydrogen-bond donors (Lipinski definition) is 1. The first-order valence-corrected chi connectivity index (χ1v) is 12.0. The first kappa shape index (κ1) is 24.4. The molecule has 0 atom stereocenters. The Labute approximate surface area is 219 Å². The van der Waals surface area contributed by atoms with Crippen LogP contribution < -0.4 is 14.8 Å². The predicted molar refractivity (Wildman–Crippen MR) is 145 cm³/mol. The second kappa shape index (κ2) is 10.8. The molecule has 3 aromatic carbocycles. The van der Waals surface area contributed by atoms with Gasteiger partial charge in [0, 0.05) is 22.8 Å². The van der Waals surface area contributed by atoms with E-state index in [0.29, 0.717) is 46.4 Å². The number of aromatic nitrogens is 2. The number of methoxy groups -OCH3 is 1. The minimum Gasteiger partial charge on any atom is -0.494 e. The van der Waals surface area contributed by atoms with Crippen molar-refractivity contribution in [2.45, 2.75) is 6.92 Å². The van der Waals surface area contributed by atoms with Crippen LogP contribution >= 0.6 is 0 Å². The summed E-state index contributed by atoms with van der Waals surface area (Å²) in [6, 6.07) is 26.0. The molecule has 0 fully saturated rings. The molecule has 0 radical (unpaired) electrons. The van der Waals surface area contributed by atoms with Crippen LogP contribution in [-0.2, 0) is 4.79 Å². The lowest BCUT2D eigenvalue weighted by molar-refractivity contribution is -0.112. The fraction of sp³-hybridized carbons (Fsp3) is 0.100. The van der Waals surface area contributed by atoms with Crippen LogP contribution in [0.15, 0.2) is 95.0 Å². The molecule has 8 nitrogen and oxygen atoms in total. The van der Waals surface area contributed by atoms with Gasteiger partial charge in [-0.05, 0) is 61.5 Å². The summed E-state index contributed by atoms with van der Waals surface area (Å²) in [4.78, 5) is 13.0. The van der Waals surface area contributed by atoms with Crippen molar-refractivity contribution in [3.8, 4) is 34.7 Å². The van der Waals surface area contributed by atoms with Crippen molar-refractivity contribution in [2.24, 2.45) is 0 Å².